The van der Waals surface area contributed by atoms with Crippen LogP contribution in [0.1, 0.15) is 28.2 Å². The van der Waals surface area contributed by atoms with Crippen LogP contribution in [0.25, 0.3) is 40.1 Å². The summed E-state index contributed by atoms with van der Waals surface area (Å²) in [5, 5.41) is 1.01. The fourth-order valence-electron chi connectivity index (χ4n) is 4.46. The second kappa shape index (κ2) is 9.88. The molecule has 0 bridgehead atoms. The number of para-hydroxylation sites is 1. The van der Waals surface area contributed by atoms with Crippen molar-refractivity contribution in [2.24, 2.45) is 0 Å². The van der Waals surface area contributed by atoms with E-state index in [1.807, 2.05) is 69.3 Å². The van der Waals surface area contributed by atoms with Gasteiger partial charge in [0.25, 0.3) is 5.56 Å². The first-order chi connectivity index (χ1) is 17.8. The third kappa shape index (κ3) is 4.66. The van der Waals surface area contributed by atoms with Gasteiger partial charge in [-0.2, -0.15) is 0 Å². The molecule has 186 valence electrons. The molecule has 5 rings (SSSR count). The van der Waals surface area contributed by atoms with E-state index in [4.69, 9.17) is 32.9 Å². The van der Waals surface area contributed by atoms with E-state index in [1.165, 1.54) is 0 Å². The van der Waals surface area contributed by atoms with Gasteiger partial charge >= 0.3 is 0 Å². The van der Waals surface area contributed by atoms with Crippen molar-refractivity contribution in [3.8, 4) is 22.8 Å². The topological polar surface area (TPSA) is 72.8 Å². The second-order valence-corrected chi connectivity index (χ2v) is 9.68. The Morgan fingerprint density at radius 3 is 2.43 bits per heavy atom. The Morgan fingerprint density at radius 1 is 1.00 bits per heavy atom. The maximum Gasteiger partial charge on any atom is 0.267 e. The molecule has 8 heteroatoms. The van der Waals surface area contributed by atoms with Gasteiger partial charge in [-0.1, -0.05) is 53.5 Å². The Kier molecular flexibility index (Phi) is 6.63. The van der Waals surface area contributed by atoms with Crippen molar-refractivity contribution in [2.75, 3.05) is 7.11 Å². The lowest BCUT2D eigenvalue weighted by atomic mass is 10.1. The maximum absolute atomic E-state index is 13.8. The molecule has 0 aliphatic carbocycles. The molecule has 0 aliphatic heterocycles. The zero-order valence-corrected chi connectivity index (χ0v) is 22.3. The number of H-pyrrole nitrogens is 1. The number of aromatic amines is 1. The van der Waals surface area contributed by atoms with Gasteiger partial charge in [0.1, 0.15) is 17.4 Å². The summed E-state index contributed by atoms with van der Waals surface area (Å²) in [4.78, 5) is 26.3. The van der Waals surface area contributed by atoms with E-state index in [2.05, 4.69) is 9.97 Å². The first-order valence-corrected chi connectivity index (χ1v) is 12.4. The summed E-state index contributed by atoms with van der Waals surface area (Å²) in [7, 11) is 1.62. The zero-order valence-electron chi connectivity index (χ0n) is 20.8. The maximum atomic E-state index is 13.8. The summed E-state index contributed by atoms with van der Waals surface area (Å²) in [6.07, 6.45) is 5.48. The average molecular weight is 531 g/mol. The van der Waals surface area contributed by atoms with Crippen molar-refractivity contribution in [3.63, 3.8) is 0 Å². The minimum absolute atomic E-state index is 0.259. The summed E-state index contributed by atoms with van der Waals surface area (Å²) in [6.45, 7) is 5.89. The van der Waals surface area contributed by atoms with Crippen LogP contribution in [-0.4, -0.2) is 26.6 Å². The van der Waals surface area contributed by atoms with Gasteiger partial charge in [-0.15, -0.1) is 0 Å². The highest BCUT2D eigenvalue weighted by atomic mass is 35.5. The van der Waals surface area contributed by atoms with E-state index >= 15 is 0 Å². The molecule has 6 nitrogen and oxygen atoms in total. The number of halogens is 2. The number of benzene rings is 3. The highest BCUT2D eigenvalue weighted by Crippen LogP contribution is 2.30. The van der Waals surface area contributed by atoms with Gasteiger partial charge in [-0.25, -0.2) is 9.97 Å². The van der Waals surface area contributed by atoms with Crippen LogP contribution < -0.4 is 10.3 Å². The minimum Gasteiger partial charge on any atom is -0.496 e. The monoisotopic (exact) mass is 530 g/mol. The molecule has 0 fully saturated rings. The lowest BCUT2D eigenvalue weighted by molar-refractivity contribution is 0.416. The van der Waals surface area contributed by atoms with E-state index < -0.39 is 0 Å². The Labute approximate surface area is 224 Å². The Morgan fingerprint density at radius 2 is 1.76 bits per heavy atom. The predicted molar refractivity (Wildman–Crippen MR) is 151 cm³/mol. The number of methoxy groups -OCH3 is 1. The van der Waals surface area contributed by atoms with Gasteiger partial charge in [0, 0.05) is 16.9 Å². The van der Waals surface area contributed by atoms with Crippen LogP contribution in [0.3, 0.4) is 0 Å². The molecule has 0 radical (unpaired) electrons. The Balaban J connectivity index is 1.69. The average Bonchev–Trinajstić information content (AvgIpc) is 3.29. The first kappa shape index (κ1) is 24.8. The third-order valence-corrected chi connectivity index (χ3v) is 6.70. The van der Waals surface area contributed by atoms with E-state index in [0.29, 0.717) is 27.5 Å². The number of fused-ring (bicyclic) bond motifs is 1. The molecule has 5 aromatic rings. The molecule has 37 heavy (non-hydrogen) atoms. The van der Waals surface area contributed by atoms with Crippen LogP contribution in [0.2, 0.25) is 10.0 Å². The highest BCUT2D eigenvalue weighted by Gasteiger charge is 2.17. The number of ether oxygens (including phenoxy) is 1. The summed E-state index contributed by atoms with van der Waals surface area (Å²) in [5.41, 5.74) is 5.53. The number of hydrogen-bond acceptors (Lipinski definition) is 4. The van der Waals surface area contributed by atoms with Gasteiger partial charge in [-0.3, -0.25) is 9.36 Å². The van der Waals surface area contributed by atoms with Crippen LogP contribution in [0.5, 0.6) is 5.75 Å². The number of rotatable bonds is 5. The quantitative estimate of drug-likeness (QED) is 0.261. The van der Waals surface area contributed by atoms with Crippen LogP contribution in [0.4, 0.5) is 0 Å². The van der Waals surface area contributed by atoms with Crippen molar-refractivity contribution in [1.29, 1.82) is 0 Å². The molecule has 0 atom stereocenters. The number of hydrogen-bond donors (Lipinski definition) is 1. The Bertz CT molecular complexity index is 1730. The first-order valence-electron chi connectivity index (χ1n) is 11.6. The molecular formula is C29H24Cl2N4O2. The Hall–Kier alpha value is -3.87. The third-order valence-electron chi connectivity index (χ3n) is 6.19. The molecule has 1 N–H and O–H groups in total. The molecule has 0 aliphatic rings. The number of imidazole rings is 1. The van der Waals surface area contributed by atoms with E-state index in [1.54, 1.807) is 30.0 Å². The SMILES string of the molecule is COc1cc(C=Cc2nc3cc(Cl)cc(Cl)c3c(=O)n2-c2c(C)cccc2C)ccc1-c1ncc(C)[nH]1. The molecule has 3 aromatic carbocycles. The fourth-order valence-corrected chi connectivity index (χ4v) is 5.03. The summed E-state index contributed by atoms with van der Waals surface area (Å²) >= 11 is 12.7. The standard InChI is InChI=1S/C29H24Cl2N4O2/c1-16-6-5-7-17(2)27(16)35-25(34-23-14-20(30)13-22(31)26(23)29(35)36)11-9-19-8-10-21(24(12-19)37-4)28-32-15-18(3)33-28/h5-15H,1-4H3,(H,32,33). The molecule has 0 amide bonds. The molecule has 0 saturated carbocycles. The molecule has 0 unspecified atom stereocenters. The largest absolute Gasteiger partial charge is 0.496 e. The van der Waals surface area contributed by atoms with Crippen LogP contribution in [0.15, 0.2) is 59.5 Å². The molecular weight excluding hydrogens is 507 g/mol. The van der Waals surface area contributed by atoms with Crippen molar-refractivity contribution < 1.29 is 4.74 Å². The van der Waals surface area contributed by atoms with E-state index in [0.717, 1.165) is 39.5 Å². The van der Waals surface area contributed by atoms with Gasteiger partial charge < -0.3 is 9.72 Å². The summed E-state index contributed by atoms with van der Waals surface area (Å²) < 4.78 is 7.25. The molecule has 0 saturated heterocycles. The highest BCUT2D eigenvalue weighted by molar-refractivity contribution is 6.38. The lowest BCUT2D eigenvalue weighted by Crippen LogP contribution is -2.24. The van der Waals surface area contributed by atoms with Crippen LogP contribution >= 0.6 is 23.2 Å². The molecule has 2 heterocycles. The normalized spacial score (nSPS) is 11.5. The van der Waals surface area contributed by atoms with E-state index in [9.17, 15) is 4.79 Å². The van der Waals surface area contributed by atoms with Crippen molar-refractivity contribution in [1.82, 2.24) is 19.5 Å². The predicted octanol–water partition coefficient (Wildman–Crippen LogP) is 7.19. The van der Waals surface area contributed by atoms with Crippen LogP contribution in [-0.2, 0) is 0 Å². The van der Waals surface area contributed by atoms with Crippen molar-refractivity contribution >= 4 is 46.3 Å². The van der Waals surface area contributed by atoms with Crippen molar-refractivity contribution in [3.05, 3.63) is 103 Å². The smallest absolute Gasteiger partial charge is 0.267 e. The van der Waals surface area contributed by atoms with Crippen molar-refractivity contribution in [2.45, 2.75) is 20.8 Å². The second-order valence-electron chi connectivity index (χ2n) is 8.84. The van der Waals surface area contributed by atoms with Gasteiger partial charge in [-0.05, 0) is 67.8 Å². The van der Waals surface area contributed by atoms with Gasteiger partial charge in [0.15, 0.2) is 0 Å². The number of aromatic nitrogens is 4. The van der Waals surface area contributed by atoms with Gasteiger partial charge in [0.05, 0.1) is 34.3 Å². The zero-order chi connectivity index (χ0) is 26.3. The number of nitrogens with one attached hydrogen (secondary N) is 1. The van der Waals surface area contributed by atoms with E-state index in [-0.39, 0.29) is 10.6 Å². The molecule has 0 spiro atoms. The minimum atomic E-state index is -0.259. The lowest BCUT2D eigenvalue weighted by Gasteiger charge is -2.16. The van der Waals surface area contributed by atoms with Gasteiger partial charge in [0.2, 0.25) is 0 Å². The number of nitrogens with zero attached hydrogens (tertiary/aromatic N) is 3. The number of aryl methyl sites for hydroxylation is 3. The van der Waals surface area contributed by atoms with Crippen LogP contribution in [0, 0.1) is 20.8 Å². The fraction of sp³-hybridized carbons (Fsp3) is 0.138. The summed E-state index contributed by atoms with van der Waals surface area (Å²) in [5.74, 6) is 1.87. The molecule has 2 aromatic heterocycles. The summed E-state index contributed by atoms with van der Waals surface area (Å²) in [6, 6.07) is 14.9.